The van der Waals surface area contributed by atoms with Crippen LogP contribution in [0.15, 0.2) is 35.2 Å². The number of thioether (sulfide) groups is 1. The number of hydrogen-bond acceptors (Lipinski definition) is 3. The number of rotatable bonds is 6. The molecule has 1 unspecified atom stereocenters. The van der Waals surface area contributed by atoms with E-state index in [4.69, 9.17) is 5.26 Å². The normalized spacial score (nSPS) is 11.5. The quantitative estimate of drug-likeness (QED) is 0.787. The number of hydrogen-bond donors (Lipinski definition) is 1. The van der Waals surface area contributed by atoms with Crippen LogP contribution in [0.5, 0.6) is 0 Å². The zero-order valence-corrected chi connectivity index (χ0v) is 10.7. The Balaban J connectivity index is 2.33. The second-order valence-corrected chi connectivity index (χ2v) is 4.69. The van der Waals surface area contributed by atoms with Gasteiger partial charge in [-0.05, 0) is 18.6 Å². The molecule has 1 amide bonds. The fraction of sp³-hybridized carbons (Fsp3) is 0.385. The van der Waals surface area contributed by atoms with Crippen LogP contribution < -0.4 is 5.32 Å². The number of carbonyl (C=O) groups is 1. The van der Waals surface area contributed by atoms with Crippen LogP contribution in [0.4, 0.5) is 0 Å². The topological polar surface area (TPSA) is 52.9 Å². The lowest BCUT2D eigenvalue weighted by Crippen LogP contribution is -2.35. The number of nitriles is 1. The minimum Gasteiger partial charge on any atom is -0.352 e. The van der Waals surface area contributed by atoms with Gasteiger partial charge in [0.25, 0.3) is 0 Å². The van der Waals surface area contributed by atoms with E-state index in [-0.39, 0.29) is 11.9 Å². The van der Waals surface area contributed by atoms with Crippen molar-refractivity contribution in [2.75, 3.05) is 5.75 Å². The first-order chi connectivity index (χ1) is 8.26. The third kappa shape index (κ3) is 5.41. The highest BCUT2D eigenvalue weighted by atomic mass is 32.2. The predicted octanol–water partition coefficient (Wildman–Crippen LogP) is 2.59. The van der Waals surface area contributed by atoms with Crippen molar-refractivity contribution in [1.29, 1.82) is 5.26 Å². The highest BCUT2D eigenvalue weighted by Gasteiger charge is 2.09. The van der Waals surface area contributed by atoms with Crippen molar-refractivity contribution in [3.8, 4) is 6.07 Å². The Morgan fingerprint density at radius 1 is 1.47 bits per heavy atom. The first-order valence-corrected chi connectivity index (χ1v) is 6.59. The molecule has 0 saturated heterocycles. The molecular weight excluding hydrogens is 232 g/mol. The van der Waals surface area contributed by atoms with Crippen LogP contribution in [0.1, 0.15) is 19.8 Å². The lowest BCUT2D eigenvalue weighted by molar-refractivity contribution is -0.119. The molecule has 1 aromatic rings. The summed E-state index contributed by atoms with van der Waals surface area (Å²) >= 11 is 1.50. The maximum absolute atomic E-state index is 11.6. The average molecular weight is 248 g/mol. The van der Waals surface area contributed by atoms with Crippen LogP contribution in [0, 0.1) is 11.3 Å². The van der Waals surface area contributed by atoms with Gasteiger partial charge < -0.3 is 5.32 Å². The second-order valence-electron chi connectivity index (χ2n) is 3.64. The Kier molecular flexibility index (Phi) is 6.19. The molecule has 3 nitrogen and oxygen atoms in total. The van der Waals surface area contributed by atoms with E-state index in [9.17, 15) is 4.79 Å². The Labute approximate surface area is 106 Å². The molecule has 0 spiro atoms. The molecule has 0 radical (unpaired) electrons. The average Bonchev–Trinajstić information content (AvgIpc) is 2.37. The summed E-state index contributed by atoms with van der Waals surface area (Å²) < 4.78 is 0. The third-order valence-corrected chi connectivity index (χ3v) is 3.32. The predicted molar refractivity (Wildman–Crippen MR) is 69.6 cm³/mol. The Morgan fingerprint density at radius 3 is 2.76 bits per heavy atom. The molecule has 1 rings (SSSR count). The van der Waals surface area contributed by atoms with Gasteiger partial charge in [-0.25, -0.2) is 0 Å². The summed E-state index contributed by atoms with van der Waals surface area (Å²) in [4.78, 5) is 12.7. The Bertz CT molecular complexity index is 386. The van der Waals surface area contributed by atoms with Gasteiger partial charge in [0.05, 0.1) is 18.2 Å². The van der Waals surface area contributed by atoms with Gasteiger partial charge >= 0.3 is 0 Å². The minimum atomic E-state index is -0.0242. The van der Waals surface area contributed by atoms with E-state index in [0.717, 1.165) is 11.3 Å². The van der Waals surface area contributed by atoms with Crippen LogP contribution >= 0.6 is 11.8 Å². The Hall–Kier alpha value is -1.47. The van der Waals surface area contributed by atoms with Crippen molar-refractivity contribution in [2.24, 2.45) is 0 Å². The molecule has 1 aromatic carbocycles. The van der Waals surface area contributed by atoms with Crippen LogP contribution in [-0.4, -0.2) is 17.7 Å². The molecule has 90 valence electrons. The largest absolute Gasteiger partial charge is 0.352 e. The van der Waals surface area contributed by atoms with E-state index in [2.05, 4.69) is 11.4 Å². The smallest absolute Gasteiger partial charge is 0.230 e. The van der Waals surface area contributed by atoms with Crippen LogP contribution in [-0.2, 0) is 4.79 Å². The maximum Gasteiger partial charge on any atom is 0.230 e. The minimum absolute atomic E-state index is 0.0130. The molecule has 4 heteroatoms. The zero-order valence-electron chi connectivity index (χ0n) is 9.85. The van der Waals surface area contributed by atoms with Gasteiger partial charge in [0.2, 0.25) is 5.91 Å². The summed E-state index contributed by atoms with van der Waals surface area (Å²) in [6.07, 6.45) is 1.16. The second kappa shape index (κ2) is 7.75. The standard InChI is InChI=1S/C13H16N2OS/c1-2-11(8-9-14)15-13(16)10-17-12-6-4-3-5-7-12/h3-7,11H,2,8,10H2,1H3,(H,15,16). The van der Waals surface area contributed by atoms with Gasteiger partial charge in [0.1, 0.15) is 0 Å². The van der Waals surface area contributed by atoms with E-state index < -0.39 is 0 Å². The maximum atomic E-state index is 11.6. The van der Waals surface area contributed by atoms with Gasteiger partial charge in [-0.15, -0.1) is 11.8 Å². The molecule has 0 bridgehead atoms. The Morgan fingerprint density at radius 2 is 2.18 bits per heavy atom. The van der Waals surface area contributed by atoms with Crippen molar-refractivity contribution in [2.45, 2.75) is 30.7 Å². The molecular formula is C13H16N2OS. The van der Waals surface area contributed by atoms with E-state index >= 15 is 0 Å². The van der Waals surface area contributed by atoms with Crippen molar-refractivity contribution in [3.63, 3.8) is 0 Å². The highest BCUT2D eigenvalue weighted by molar-refractivity contribution is 8.00. The fourth-order valence-corrected chi connectivity index (χ4v) is 2.07. The van der Waals surface area contributed by atoms with Gasteiger partial charge in [0.15, 0.2) is 0 Å². The highest BCUT2D eigenvalue weighted by Crippen LogP contribution is 2.16. The van der Waals surface area contributed by atoms with E-state index in [0.29, 0.717) is 12.2 Å². The number of nitrogens with zero attached hydrogens (tertiary/aromatic N) is 1. The molecule has 0 heterocycles. The molecule has 0 fully saturated rings. The fourth-order valence-electron chi connectivity index (χ4n) is 1.34. The van der Waals surface area contributed by atoms with Gasteiger partial charge in [-0.1, -0.05) is 25.1 Å². The van der Waals surface area contributed by atoms with Crippen molar-refractivity contribution < 1.29 is 4.79 Å². The molecule has 0 aliphatic carbocycles. The summed E-state index contributed by atoms with van der Waals surface area (Å²) in [5.41, 5.74) is 0. The summed E-state index contributed by atoms with van der Waals surface area (Å²) in [5.74, 6) is 0.382. The van der Waals surface area contributed by atoms with Crippen LogP contribution in [0.3, 0.4) is 0 Å². The van der Waals surface area contributed by atoms with Crippen LogP contribution in [0.25, 0.3) is 0 Å². The number of benzene rings is 1. The lowest BCUT2D eigenvalue weighted by Gasteiger charge is -2.13. The monoisotopic (exact) mass is 248 g/mol. The molecule has 0 saturated carbocycles. The molecule has 0 aromatic heterocycles. The van der Waals surface area contributed by atoms with Gasteiger partial charge in [0, 0.05) is 10.9 Å². The molecule has 17 heavy (non-hydrogen) atoms. The molecule has 0 aliphatic heterocycles. The summed E-state index contributed by atoms with van der Waals surface area (Å²) in [5, 5.41) is 11.4. The number of nitrogens with one attached hydrogen (secondary N) is 1. The van der Waals surface area contributed by atoms with Crippen molar-refractivity contribution >= 4 is 17.7 Å². The van der Waals surface area contributed by atoms with E-state index in [1.807, 2.05) is 37.3 Å². The van der Waals surface area contributed by atoms with Gasteiger partial charge in [-0.2, -0.15) is 5.26 Å². The number of carbonyl (C=O) groups excluding carboxylic acids is 1. The SMILES string of the molecule is CCC(CC#N)NC(=O)CSc1ccccc1. The summed E-state index contributed by atoms with van der Waals surface area (Å²) in [7, 11) is 0. The zero-order chi connectivity index (χ0) is 12.5. The number of amides is 1. The summed E-state index contributed by atoms with van der Waals surface area (Å²) in [6, 6.07) is 11.9. The first-order valence-electron chi connectivity index (χ1n) is 5.60. The van der Waals surface area contributed by atoms with Crippen molar-refractivity contribution in [3.05, 3.63) is 30.3 Å². The third-order valence-electron chi connectivity index (χ3n) is 2.31. The summed E-state index contributed by atoms with van der Waals surface area (Å²) in [6.45, 7) is 1.96. The molecule has 0 aliphatic rings. The molecule has 1 N–H and O–H groups in total. The van der Waals surface area contributed by atoms with Crippen molar-refractivity contribution in [1.82, 2.24) is 5.32 Å². The van der Waals surface area contributed by atoms with E-state index in [1.54, 1.807) is 0 Å². The van der Waals surface area contributed by atoms with E-state index in [1.165, 1.54) is 11.8 Å². The lowest BCUT2D eigenvalue weighted by atomic mass is 10.2. The molecule has 1 atom stereocenters. The van der Waals surface area contributed by atoms with Gasteiger partial charge in [-0.3, -0.25) is 4.79 Å². The van der Waals surface area contributed by atoms with Crippen LogP contribution in [0.2, 0.25) is 0 Å². The first kappa shape index (κ1) is 13.6.